The zero-order valence-electron chi connectivity index (χ0n) is 9.63. The van der Waals surface area contributed by atoms with Crippen molar-refractivity contribution < 1.29 is 9.13 Å². The molecule has 2 rings (SSSR count). The van der Waals surface area contributed by atoms with Gasteiger partial charge in [0.25, 0.3) is 0 Å². The molecule has 0 atom stereocenters. The third kappa shape index (κ3) is 2.46. The molecule has 0 aliphatic carbocycles. The second-order valence-electron chi connectivity index (χ2n) is 3.76. The first-order valence-electron chi connectivity index (χ1n) is 5.59. The molecule has 0 fully saturated rings. The summed E-state index contributed by atoms with van der Waals surface area (Å²) in [4.78, 5) is 15.0. The minimum absolute atomic E-state index is 0.0104. The molecule has 1 aromatic heterocycles. The van der Waals surface area contributed by atoms with Crippen LogP contribution in [0.15, 0.2) is 29.1 Å². The van der Waals surface area contributed by atoms with Crippen LogP contribution in [0.2, 0.25) is 0 Å². The van der Waals surface area contributed by atoms with Crippen LogP contribution in [0, 0.1) is 0 Å². The number of fused-ring (bicyclic) bond motifs is 1. The van der Waals surface area contributed by atoms with Crippen molar-refractivity contribution >= 4 is 10.9 Å². The molecule has 1 aromatic carbocycles. The van der Waals surface area contributed by atoms with Gasteiger partial charge >= 0.3 is 0 Å². The maximum atomic E-state index is 12.0. The van der Waals surface area contributed by atoms with Gasteiger partial charge in [-0.05, 0) is 24.6 Å². The Balaban J connectivity index is 2.47. The SMILES string of the molecule is CCc1cc(=O)c2cc(OCCF)ccc2[nH]1. The topological polar surface area (TPSA) is 42.1 Å². The Labute approximate surface area is 98.2 Å². The molecule has 17 heavy (non-hydrogen) atoms. The van der Waals surface area contributed by atoms with Crippen LogP contribution in [0.3, 0.4) is 0 Å². The Bertz CT molecular complexity index is 577. The second kappa shape index (κ2) is 4.99. The Kier molecular flexibility index (Phi) is 3.42. The predicted octanol–water partition coefficient (Wildman–Crippen LogP) is 2.44. The fourth-order valence-electron chi connectivity index (χ4n) is 1.72. The van der Waals surface area contributed by atoms with E-state index in [1.165, 1.54) is 0 Å². The van der Waals surface area contributed by atoms with Gasteiger partial charge in [0.05, 0.1) is 0 Å². The standard InChI is InChI=1S/C13H14FNO2/c1-2-9-7-13(16)11-8-10(17-6-5-14)3-4-12(11)15-9/h3-4,7-8H,2,5-6H2,1H3,(H,15,16). The summed E-state index contributed by atoms with van der Waals surface area (Å²) in [5.74, 6) is 0.518. The molecule has 0 radical (unpaired) electrons. The lowest BCUT2D eigenvalue weighted by Crippen LogP contribution is -2.05. The van der Waals surface area contributed by atoms with Crippen molar-refractivity contribution in [1.29, 1.82) is 0 Å². The molecule has 0 aliphatic rings. The molecule has 0 unspecified atom stereocenters. The fraction of sp³-hybridized carbons (Fsp3) is 0.308. The molecule has 0 spiro atoms. The molecule has 3 nitrogen and oxygen atoms in total. The van der Waals surface area contributed by atoms with Crippen molar-refractivity contribution in [1.82, 2.24) is 4.98 Å². The van der Waals surface area contributed by atoms with E-state index in [0.29, 0.717) is 11.1 Å². The molecule has 0 bridgehead atoms. The van der Waals surface area contributed by atoms with Crippen molar-refractivity contribution in [3.8, 4) is 5.75 Å². The number of halogens is 1. The lowest BCUT2D eigenvalue weighted by atomic mass is 10.1. The molecule has 2 aromatic rings. The third-order valence-electron chi connectivity index (χ3n) is 2.58. The molecule has 90 valence electrons. The summed E-state index contributed by atoms with van der Waals surface area (Å²) in [6.45, 7) is 1.45. The van der Waals surface area contributed by atoms with Crippen LogP contribution in [-0.4, -0.2) is 18.3 Å². The average molecular weight is 235 g/mol. The summed E-state index contributed by atoms with van der Waals surface area (Å²) in [5.41, 5.74) is 1.64. The summed E-state index contributed by atoms with van der Waals surface area (Å²) >= 11 is 0. The number of H-pyrrole nitrogens is 1. The number of pyridine rings is 1. The first kappa shape index (κ1) is 11.6. The Morgan fingerprint density at radius 3 is 2.88 bits per heavy atom. The molecule has 1 N–H and O–H groups in total. The number of alkyl halides is 1. The normalized spacial score (nSPS) is 10.7. The smallest absolute Gasteiger partial charge is 0.189 e. The number of aromatic nitrogens is 1. The highest BCUT2D eigenvalue weighted by atomic mass is 19.1. The Hall–Kier alpha value is -1.84. The zero-order valence-corrected chi connectivity index (χ0v) is 9.63. The first-order valence-corrected chi connectivity index (χ1v) is 5.59. The van der Waals surface area contributed by atoms with E-state index in [9.17, 15) is 9.18 Å². The van der Waals surface area contributed by atoms with Gasteiger partial charge in [0.1, 0.15) is 19.0 Å². The molecular weight excluding hydrogens is 221 g/mol. The Morgan fingerprint density at radius 1 is 1.35 bits per heavy atom. The van der Waals surface area contributed by atoms with Crippen LogP contribution in [0.5, 0.6) is 5.75 Å². The van der Waals surface area contributed by atoms with E-state index >= 15 is 0 Å². The number of hydrogen-bond acceptors (Lipinski definition) is 2. The van der Waals surface area contributed by atoms with Crippen molar-refractivity contribution in [3.63, 3.8) is 0 Å². The van der Waals surface area contributed by atoms with Crippen LogP contribution in [-0.2, 0) is 6.42 Å². The van der Waals surface area contributed by atoms with E-state index in [2.05, 4.69) is 4.98 Å². The van der Waals surface area contributed by atoms with Crippen LogP contribution < -0.4 is 10.2 Å². The maximum absolute atomic E-state index is 12.0. The maximum Gasteiger partial charge on any atom is 0.189 e. The molecule has 1 heterocycles. The number of ether oxygens (including phenoxy) is 1. The summed E-state index contributed by atoms with van der Waals surface area (Å²) in [6, 6.07) is 6.74. The highest BCUT2D eigenvalue weighted by Crippen LogP contribution is 2.17. The zero-order chi connectivity index (χ0) is 12.3. The molecule has 0 saturated heterocycles. The van der Waals surface area contributed by atoms with Gasteiger partial charge in [-0.15, -0.1) is 0 Å². The lowest BCUT2D eigenvalue weighted by molar-refractivity contribution is 0.273. The van der Waals surface area contributed by atoms with Gasteiger partial charge in [-0.25, -0.2) is 4.39 Å². The number of nitrogens with one attached hydrogen (secondary N) is 1. The molecule has 0 saturated carbocycles. The lowest BCUT2D eigenvalue weighted by Gasteiger charge is -2.06. The number of hydrogen-bond donors (Lipinski definition) is 1. The van der Waals surface area contributed by atoms with E-state index in [0.717, 1.165) is 17.6 Å². The van der Waals surface area contributed by atoms with Gasteiger partial charge in [-0.2, -0.15) is 0 Å². The van der Waals surface area contributed by atoms with Crippen molar-refractivity contribution in [2.24, 2.45) is 0 Å². The second-order valence-corrected chi connectivity index (χ2v) is 3.76. The van der Waals surface area contributed by atoms with Gasteiger partial charge in [-0.3, -0.25) is 4.79 Å². The minimum Gasteiger partial charge on any atom is -0.491 e. The number of benzene rings is 1. The molecule has 4 heteroatoms. The highest BCUT2D eigenvalue weighted by molar-refractivity contribution is 5.80. The van der Waals surface area contributed by atoms with E-state index < -0.39 is 6.67 Å². The van der Waals surface area contributed by atoms with Gasteiger partial charge in [0, 0.05) is 22.7 Å². The summed E-state index contributed by atoms with van der Waals surface area (Å²) in [6.07, 6.45) is 0.783. The highest BCUT2D eigenvalue weighted by Gasteiger charge is 2.03. The van der Waals surface area contributed by atoms with E-state index in [1.807, 2.05) is 6.92 Å². The number of aromatic amines is 1. The predicted molar refractivity (Wildman–Crippen MR) is 65.4 cm³/mol. The summed E-state index contributed by atoms with van der Waals surface area (Å²) < 4.78 is 17.1. The first-order chi connectivity index (χ1) is 8.24. The van der Waals surface area contributed by atoms with Crippen LogP contribution in [0.25, 0.3) is 10.9 Å². The van der Waals surface area contributed by atoms with Crippen LogP contribution in [0.1, 0.15) is 12.6 Å². The summed E-state index contributed by atoms with van der Waals surface area (Å²) in [5, 5.41) is 0.568. The van der Waals surface area contributed by atoms with E-state index in [4.69, 9.17) is 4.74 Å². The molecular formula is C13H14FNO2. The van der Waals surface area contributed by atoms with Crippen molar-refractivity contribution in [3.05, 3.63) is 40.2 Å². The van der Waals surface area contributed by atoms with Crippen LogP contribution in [0.4, 0.5) is 4.39 Å². The number of aryl methyl sites for hydroxylation is 1. The average Bonchev–Trinajstić information content (AvgIpc) is 2.36. The van der Waals surface area contributed by atoms with Crippen molar-refractivity contribution in [2.45, 2.75) is 13.3 Å². The van der Waals surface area contributed by atoms with E-state index in [-0.39, 0.29) is 12.0 Å². The molecule has 0 aliphatic heterocycles. The fourth-order valence-corrected chi connectivity index (χ4v) is 1.72. The van der Waals surface area contributed by atoms with Gasteiger partial charge in [0.2, 0.25) is 0 Å². The Morgan fingerprint density at radius 2 is 2.18 bits per heavy atom. The van der Waals surface area contributed by atoms with Gasteiger partial charge < -0.3 is 9.72 Å². The third-order valence-corrected chi connectivity index (χ3v) is 2.58. The van der Waals surface area contributed by atoms with Crippen molar-refractivity contribution in [2.75, 3.05) is 13.3 Å². The van der Waals surface area contributed by atoms with Crippen LogP contribution >= 0.6 is 0 Å². The van der Waals surface area contributed by atoms with Gasteiger partial charge in [0.15, 0.2) is 5.43 Å². The monoisotopic (exact) mass is 235 g/mol. The van der Waals surface area contributed by atoms with Gasteiger partial charge in [-0.1, -0.05) is 6.92 Å². The summed E-state index contributed by atoms with van der Waals surface area (Å²) in [7, 11) is 0. The van der Waals surface area contributed by atoms with E-state index in [1.54, 1.807) is 24.3 Å². The number of rotatable bonds is 4. The minimum atomic E-state index is -0.539. The quantitative estimate of drug-likeness (QED) is 0.884. The molecule has 0 amide bonds. The largest absolute Gasteiger partial charge is 0.491 e.